The average Bonchev–Trinajstić information content (AvgIpc) is 2.56. The number of methoxy groups -OCH3 is 1. The summed E-state index contributed by atoms with van der Waals surface area (Å²) < 4.78 is 5.67. The molecule has 0 unspecified atom stereocenters. The molecule has 2 aromatic rings. The van der Waals surface area contributed by atoms with E-state index in [9.17, 15) is 19.2 Å². The molecule has 0 saturated heterocycles. The minimum Gasteiger partial charge on any atom is -0.465 e. The number of pyridine rings is 1. The van der Waals surface area contributed by atoms with Crippen LogP contribution in [0.5, 0.6) is 0 Å². The summed E-state index contributed by atoms with van der Waals surface area (Å²) in [5.41, 5.74) is 5.63. The quantitative estimate of drug-likeness (QED) is 0.768. The Labute approximate surface area is 136 Å². The van der Waals surface area contributed by atoms with Gasteiger partial charge in [0.2, 0.25) is 11.8 Å². The first-order valence-corrected chi connectivity index (χ1v) is 6.89. The van der Waals surface area contributed by atoms with E-state index in [1.807, 2.05) is 0 Å². The van der Waals surface area contributed by atoms with Crippen LogP contribution in [0, 0.1) is 0 Å². The van der Waals surface area contributed by atoms with Gasteiger partial charge in [-0.1, -0.05) is 0 Å². The normalized spacial score (nSPS) is 10.0. The number of hydrogen-bond acceptors (Lipinski definition) is 5. The van der Waals surface area contributed by atoms with Crippen molar-refractivity contribution in [3.63, 3.8) is 0 Å². The third-order valence-corrected chi connectivity index (χ3v) is 3.17. The fourth-order valence-corrected chi connectivity index (χ4v) is 1.97. The summed E-state index contributed by atoms with van der Waals surface area (Å²) in [4.78, 5) is 46.2. The van der Waals surface area contributed by atoms with Gasteiger partial charge in [-0.05, 0) is 30.3 Å². The molecule has 124 valence electrons. The molecule has 1 heterocycles. The zero-order valence-corrected chi connectivity index (χ0v) is 12.8. The monoisotopic (exact) mass is 329 g/mol. The van der Waals surface area contributed by atoms with Crippen molar-refractivity contribution in [3.8, 4) is 0 Å². The van der Waals surface area contributed by atoms with Crippen molar-refractivity contribution in [2.24, 2.45) is 5.73 Å². The van der Waals surface area contributed by atoms with Crippen LogP contribution in [-0.4, -0.2) is 29.5 Å². The lowest BCUT2D eigenvalue weighted by Crippen LogP contribution is -2.27. The molecule has 0 saturated carbocycles. The van der Waals surface area contributed by atoms with Gasteiger partial charge in [0.05, 0.1) is 12.7 Å². The summed E-state index contributed by atoms with van der Waals surface area (Å²) in [6, 6.07) is 8.49. The second-order valence-corrected chi connectivity index (χ2v) is 4.87. The van der Waals surface area contributed by atoms with Gasteiger partial charge in [0.15, 0.2) is 0 Å². The number of hydrogen-bond donors (Lipinski definition) is 2. The van der Waals surface area contributed by atoms with E-state index in [1.165, 1.54) is 49.7 Å². The lowest BCUT2D eigenvalue weighted by molar-refractivity contribution is -0.116. The Hall–Kier alpha value is -3.42. The molecule has 8 heteroatoms. The molecular formula is C16H15N3O5. The van der Waals surface area contributed by atoms with E-state index in [-0.39, 0.29) is 12.1 Å². The number of carbonyl (C=O) groups is 3. The van der Waals surface area contributed by atoms with Crippen LogP contribution in [0.2, 0.25) is 0 Å². The van der Waals surface area contributed by atoms with Gasteiger partial charge >= 0.3 is 5.97 Å². The minimum atomic E-state index is -0.605. The van der Waals surface area contributed by atoms with Crippen molar-refractivity contribution in [1.29, 1.82) is 0 Å². The number of nitrogens with two attached hydrogens (primary N) is 1. The predicted molar refractivity (Wildman–Crippen MR) is 85.6 cm³/mol. The first-order valence-electron chi connectivity index (χ1n) is 6.89. The van der Waals surface area contributed by atoms with Crippen LogP contribution < -0.4 is 16.6 Å². The number of anilines is 1. The second-order valence-electron chi connectivity index (χ2n) is 4.87. The number of carbonyl (C=O) groups excluding carboxylic acids is 3. The van der Waals surface area contributed by atoms with Crippen molar-refractivity contribution in [2.75, 3.05) is 12.4 Å². The summed E-state index contributed by atoms with van der Waals surface area (Å²) in [5, 5.41) is 2.58. The van der Waals surface area contributed by atoms with E-state index in [1.54, 1.807) is 0 Å². The maximum atomic E-state index is 12.0. The number of primary amides is 1. The van der Waals surface area contributed by atoms with Crippen LogP contribution in [0.3, 0.4) is 0 Å². The summed E-state index contributed by atoms with van der Waals surface area (Å²) in [7, 11) is 1.22. The predicted octanol–water partition coefficient (Wildman–Crippen LogP) is 0.372. The lowest BCUT2D eigenvalue weighted by atomic mass is 10.2. The summed E-state index contributed by atoms with van der Waals surface area (Å²) in [6.45, 7) is -0.277. The number of amides is 2. The molecular weight excluding hydrogens is 314 g/mol. The fourth-order valence-electron chi connectivity index (χ4n) is 1.97. The van der Waals surface area contributed by atoms with E-state index in [0.717, 1.165) is 4.57 Å². The van der Waals surface area contributed by atoms with Crippen LogP contribution in [0.15, 0.2) is 47.4 Å². The molecule has 0 aliphatic heterocycles. The molecule has 0 fully saturated rings. The third kappa shape index (κ3) is 4.07. The Balaban J connectivity index is 2.10. The highest BCUT2D eigenvalue weighted by molar-refractivity contribution is 5.94. The average molecular weight is 329 g/mol. The van der Waals surface area contributed by atoms with Gasteiger partial charge in [0, 0.05) is 23.5 Å². The maximum absolute atomic E-state index is 12.0. The number of rotatable bonds is 5. The number of nitrogens with zero attached hydrogens (tertiary/aromatic N) is 1. The van der Waals surface area contributed by atoms with Crippen molar-refractivity contribution < 1.29 is 19.1 Å². The van der Waals surface area contributed by atoms with E-state index in [0.29, 0.717) is 11.3 Å². The smallest absolute Gasteiger partial charge is 0.339 e. The molecule has 8 nitrogen and oxygen atoms in total. The molecule has 24 heavy (non-hydrogen) atoms. The van der Waals surface area contributed by atoms with Gasteiger partial charge in [-0.15, -0.1) is 0 Å². The van der Waals surface area contributed by atoms with E-state index < -0.39 is 23.3 Å². The summed E-state index contributed by atoms with van der Waals surface area (Å²) in [6.07, 6.45) is 1.25. The molecule has 2 rings (SSSR count). The van der Waals surface area contributed by atoms with Crippen LogP contribution in [-0.2, 0) is 16.1 Å². The molecule has 0 atom stereocenters. The molecule has 1 aromatic carbocycles. The highest BCUT2D eigenvalue weighted by atomic mass is 16.5. The molecule has 1 aromatic heterocycles. The molecule has 0 spiro atoms. The highest BCUT2D eigenvalue weighted by Crippen LogP contribution is 2.09. The third-order valence-electron chi connectivity index (χ3n) is 3.17. The zero-order chi connectivity index (χ0) is 17.7. The first kappa shape index (κ1) is 16.9. The second kappa shape index (κ2) is 7.23. The van der Waals surface area contributed by atoms with Crippen molar-refractivity contribution in [2.45, 2.75) is 6.54 Å². The molecule has 0 bridgehead atoms. The van der Waals surface area contributed by atoms with Gasteiger partial charge in [-0.3, -0.25) is 14.4 Å². The van der Waals surface area contributed by atoms with Gasteiger partial charge in [-0.2, -0.15) is 0 Å². The Morgan fingerprint density at radius 1 is 1.08 bits per heavy atom. The Morgan fingerprint density at radius 2 is 1.71 bits per heavy atom. The van der Waals surface area contributed by atoms with Crippen molar-refractivity contribution in [3.05, 3.63) is 64.1 Å². The van der Waals surface area contributed by atoms with Gasteiger partial charge in [-0.25, -0.2) is 4.79 Å². The van der Waals surface area contributed by atoms with Crippen molar-refractivity contribution >= 4 is 23.5 Å². The number of ether oxygens (including phenoxy) is 1. The van der Waals surface area contributed by atoms with Gasteiger partial charge < -0.3 is 20.4 Å². The summed E-state index contributed by atoms with van der Waals surface area (Å²) in [5.74, 6) is -1.64. The number of nitrogens with one attached hydrogen (secondary N) is 1. The highest BCUT2D eigenvalue weighted by Gasteiger charge is 2.10. The molecule has 0 aliphatic carbocycles. The lowest BCUT2D eigenvalue weighted by Gasteiger charge is -2.09. The van der Waals surface area contributed by atoms with E-state index in [2.05, 4.69) is 10.1 Å². The van der Waals surface area contributed by atoms with Crippen LogP contribution in [0.4, 0.5) is 5.69 Å². The molecule has 0 aliphatic rings. The standard InChI is InChI=1S/C16H15N3O5/c1-24-16(23)11-4-7-14(21)19(8-11)9-13(20)18-12-5-2-10(3-6-12)15(17)22/h2-8H,9H2,1H3,(H2,17,22)(H,18,20). The van der Waals surface area contributed by atoms with Crippen LogP contribution in [0.25, 0.3) is 0 Å². The zero-order valence-electron chi connectivity index (χ0n) is 12.8. The fraction of sp³-hybridized carbons (Fsp3) is 0.125. The largest absolute Gasteiger partial charge is 0.465 e. The minimum absolute atomic E-state index is 0.163. The SMILES string of the molecule is COC(=O)c1ccc(=O)n(CC(=O)Nc2ccc(C(N)=O)cc2)c1. The first-order chi connectivity index (χ1) is 11.4. The maximum Gasteiger partial charge on any atom is 0.339 e. The summed E-state index contributed by atoms with van der Waals surface area (Å²) >= 11 is 0. The topological polar surface area (TPSA) is 120 Å². The van der Waals surface area contributed by atoms with E-state index >= 15 is 0 Å². The van der Waals surface area contributed by atoms with Crippen LogP contribution in [0.1, 0.15) is 20.7 Å². The Bertz CT molecular complexity index is 840. The Morgan fingerprint density at radius 3 is 2.29 bits per heavy atom. The molecule has 3 N–H and O–H groups in total. The number of esters is 1. The molecule has 0 radical (unpaired) electrons. The van der Waals surface area contributed by atoms with Gasteiger partial charge in [0.1, 0.15) is 6.54 Å². The number of aromatic nitrogens is 1. The van der Waals surface area contributed by atoms with Crippen molar-refractivity contribution in [1.82, 2.24) is 4.57 Å². The molecule has 2 amide bonds. The van der Waals surface area contributed by atoms with Gasteiger partial charge in [0.25, 0.3) is 5.56 Å². The van der Waals surface area contributed by atoms with Crippen LogP contribution >= 0.6 is 0 Å². The number of benzene rings is 1. The van der Waals surface area contributed by atoms with E-state index in [4.69, 9.17) is 5.73 Å². The Kier molecular flexibility index (Phi) is 5.10.